The molecule has 1 atom stereocenters. The van der Waals surface area contributed by atoms with E-state index in [0.717, 1.165) is 5.70 Å². The number of hydrogen-bond donors (Lipinski definition) is 1. The van der Waals surface area contributed by atoms with Crippen molar-refractivity contribution in [3.05, 3.63) is 69.3 Å². The number of allylic oxidation sites excluding steroid dienone is 2. The Morgan fingerprint density at radius 2 is 1.80 bits per heavy atom. The molecule has 1 aliphatic carbocycles. The highest BCUT2D eigenvalue weighted by atomic mass is 35.5. The quantitative estimate of drug-likeness (QED) is 0.683. The summed E-state index contributed by atoms with van der Waals surface area (Å²) in [5.41, 5.74) is 3.41. The lowest BCUT2D eigenvalue weighted by Gasteiger charge is -2.38. The van der Waals surface area contributed by atoms with Crippen LogP contribution in [0.2, 0.25) is 10.0 Å². The van der Waals surface area contributed by atoms with Gasteiger partial charge in [0.25, 0.3) is 0 Å². The van der Waals surface area contributed by atoms with Crippen molar-refractivity contribution in [2.75, 3.05) is 10.2 Å². The lowest BCUT2D eigenvalue weighted by Crippen LogP contribution is -2.40. The van der Waals surface area contributed by atoms with E-state index in [0.29, 0.717) is 51.8 Å². The molecule has 0 spiro atoms. The van der Waals surface area contributed by atoms with Crippen LogP contribution in [-0.2, 0) is 14.4 Å². The van der Waals surface area contributed by atoms with Crippen LogP contribution in [0.15, 0.2) is 53.7 Å². The Morgan fingerprint density at radius 1 is 1.07 bits per heavy atom. The minimum Gasteiger partial charge on any atom is -0.326 e. The molecule has 0 bridgehead atoms. The maximum Gasteiger partial charge on any atom is 0.232 e. The molecule has 0 fully saturated rings. The molecule has 2 amide bonds. The first kappa shape index (κ1) is 20.6. The van der Waals surface area contributed by atoms with E-state index >= 15 is 0 Å². The average Bonchev–Trinajstić information content (AvgIpc) is 2.70. The molecule has 154 valence electrons. The second kappa shape index (κ2) is 8.25. The SMILES string of the molecule is CC(=O)Nc1ccc(N2C(=O)CC(c3cccc(Cl)c3Cl)C3=C2CCCC3=O)cc1. The van der Waals surface area contributed by atoms with E-state index in [-0.39, 0.29) is 24.0 Å². The fourth-order valence-electron chi connectivity index (χ4n) is 4.24. The fraction of sp³-hybridized carbons (Fsp3) is 0.261. The second-order valence-electron chi connectivity index (χ2n) is 7.49. The number of carbonyl (C=O) groups excluding carboxylic acids is 3. The number of hydrogen-bond acceptors (Lipinski definition) is 3. The van der Waals surface area contributed by atoms with Crippen LogP contribution in [0.25, 0.3) is 0 Å². The number of anilines is 2. The highest BCUT2D eigenvalue weighted by Gasteiger charge is 2.40. The van der Waals surface area contributed by atoms with E-state index in [1.807, 2.05) is 6.07 Å². The number of nitrogens with zero attached hydrogens (tertiary/aromatic N) is 1. The number of Topliss-reactive ketones (excluding diaryl/α,β-unsaturated/α-hetero) is 1. The third-order valence-corrected chi connectivity index (χ3v) is 6.31. The normalized spacial score (nSPS) is 19.0. The van der Waals surface area contributed by atoms with E-state index in [4.69, 9.17) is 23.2 Å². The summed E-state index contributed by atoms with van der Waals surface area (Å²) in [6.07, 6.45) is 1.92. The Labute approximate surface area is 184 Å². The second-order valence-corrected chi connectivity index (χ2v) is 8.28. The van der Waals surface area contributed by atoms with Crippen LogP contribution in [0, 0.1) is 0 Å². The summed E-state index contributed by atoms with van der Waals surface area (Å²) in [6, 6.07) is 12.4. The zero-order chi connectivity index (χ0) is 21.4. The van der Waals surface area contributed by atoms with Gasteiger partial charge in [-0.1, -0.05) is 35.3 Å². The van der Waals surface area contributed by atoms with E-state index in [1.54, 1.807) is 41.3 Å². The molecule has 1 heterocycles. The average molecular weight is 443 g/mol. The van der Waals surface area contributed by atoms with Crippen molar-refractivity contribution in [1.29, 1.82) is 0 Å². The van der Waals surface area contributed by atoms with Gasteiger partial charge < -0.3 is 5.32 Å². The third-order valence-electron chi connectivity index (χ3n) is 5.48. The number of amides is 2. The number of carbonyl (C=O) groups is 3. The molecule has 5 nitrogen and oxygen atoms in total. The lowest BCUT2D eigenvalue weighted by molar-refractivity contribution is -0.120. The van der Waals surface area contributed by atoms with Crippen molar-refractivity contribution in [3.8, 4) is 0 Å². The summed E-state index contributed by atoms with van der Waals surface area (Å²) in [6.45, 7) is 1.44. The minimum atomic E-state index is -0.401. The predicted molar refractivity (Wildman–Crippen MR) is 118 cm³/mol. The number of benzene rings is 2. The summed E-state index contributed by atoms with van der Waals surface area (Å²) in [4.78, 5) is 39.1. The van der Waals surface area contributed by atoms with Crippen LogP contribution in [0.3, 0.4) is 0 Å². The van der Waals surface area contributed by atoms with Gasteiger partial charge in [0.15, 0.2) is 5.78 Å². The van der Waals surface area contributed by atoms with Crippen molar-refractivity contribution >= 4 is 52.2 Å². The van der Waals surface area contributed by atoms with Gasteiger partial charge in [0.05, 0.1) is 10.0 Å². The maximum absolute atomic E-state index is 13.2. The predicted octanol–water partition coefficient (Wildman–Crippen LogP) is 5.48. The molecule has 2 aromatic carbocycles. The van der Waals surface area contributed by atoms with Crippen molar-refractivity contribution in [2.45, 2.75) is 38.5 Å². The van der Waals surface area contributed by atoms with Crippen LogP contribution >= 0.6 is 23.2 Å². The van der Waals surface area contributed by atoms with Gasteiger partial charge in [-0.05, 0) is 48.7 Å². The molecule has 7 heteroatoms. The Kier molecular flexibility index (Phi) is 5.67. The van der Waals surface area contributed by atoms with Gasteiger partial charge in [0.2, 0.25) is 11.8 Å². The van der Waals surface area contributed by atoms with Crippen LogP contribution < -0.4 is 10.2 Å². The van der Waals surface area contributed by atoms with Crippen LogP contribution in [0.5, 0.6) is 0 Å². The minimum absolute atomic E-state index is 0.0460. The smallest absolute Gasteiger partial charge is 0.232 e. The van der Waals surface area contributed by atoms with Crippen molar-refractivity contribution in [2.24, 2.45) is 0 Å². The molecular formula is C23H20Cl2N2O3. The van der Waals surface area contributed by atoms with Gasteiger partial charge in [0.1, 0.15) is 0 Å². The number of nitrogens with one attached hydrogen (secondary N) is 1. The molecule has 30 heavy (non-hydrogen) atoms. The number of halogens is 2. The number of rotatable bonds is 3. The highest BCUT2D eigenvalue weighted by Crippen LogP contribution is 2.46. The summed E-state index contributed by atoms with van der Waals surface area (Å²) in [5.74, 6) is -0.622. The highest BCUT2D eigenvalue weighted by molar-refractivity contribution is 6.42. The molecule has 1 unspecified atom stereocenters. The summed E-state index contributed by atoms with van der Waals surface area (Å²) in [5, 5.41) is 3.50. The van der Waals surface area contributed by atoms with Gasteiger partial charge in [-0.2, -0.15) is 0 Å². The van der Waals surface area contributed by atoms with Crippen LogP contribution in [0.1, 0.15) is 44.1 Å². The summed E-state index contributed by atoms with van der Waals surface area (Å²) < 4.78 is 0. The van der Waals surface area contributed by atoms with Crippen LogP contribution in [0.4, 0.5) is 11.4 Å². The monoisotopic (exact) mass is 442 g/mol. The van der Waals surface area contributed by atoms with Gasteiger partial charge in [-0.3, -0.25) is 19.3 Å². The molecule has 0 saturated carbocycles. The largest absolute Gasteiger partial charge is 0.326 e. The maximum atomic E-state index is 13.2. The Bertz CT molecular complexity index is 1080. The Morgan fingerprint density at radius 3 is 2.50 bits per heavy atom. The Hall–Kier alpha value is -2.63. The molecule has 2 aromatic rings. The van der Waals surface area contributed by atoms with E-state index < -0.39 is 5.92 Å². The zero-order valence-corrected chi connectivity index (χ0v) is 17.9. The van der Waals surface area contributed by atoms with E-state index in [1.165, 1.54) is 6.92 Å². The van der Waals surface area contributed by atoms with Gasteiger partial charge in [-0.25, -0.2) is 0 Å². The molecular weight excluding hydrogens is 423 g/mol. The molecule has 1 aliphatic heterocycles. The van der Waals surface area contributed by atoms with Crippen molar-refractivity contribution in [1.82, 2.24) is 0 Å². The van der Waals surface area contributed by atoms with Gasteiger partial charge in [-0.15, -0.1) is 0 Å². The summed E-state index contributed by atoms with van der Waals surface area (Å²) in [7, 11) is 0. The fourth-order valence-corrected chi connectivity index (χ4v) is 4.68. The van der Waals surface area contributed by atoms with Gasteiger partial charge in [0, 0.05) is 48.3 Å². The Balaban J connectivity index is 1.80. The first-order chi connectivity index (χ1) is 14.4. The molecule has 2 aliphatic rings. The number of ketones is 1. The van der Waals surface area contributed by atoms with E-state index in [2.05, 4.69) is 5.32 Å². The molecule has 4 rings (SSSR count). The molecule has 0 aromatic heterocycles. The molecule has 0 radical (unpaired) electrons. The van der Waals surface area contributed by atoms with E-state index in [9.17, 15) is 14.4 Å². The summed E-state index contributed by atoms with van der Waals surface area (Å²) >= 11 is 12.6. The van der Waals surface area contributed by atoms with Crippen molar-refractivity contribution in [3.63, 3.8) is 0 Å². The third kappa shape index (κ3) is 3.75. The first-order valence-corrected chi connectivity index (χ1v) is 10.5. The zero-order valence-electron chi connectivity index (χ0n) is 16.4. The molecule has 1 N–H and O–H groups in total. The first-order valence-electron chi connectivity index (χ1n) is 9.77. The standard InChI is InChI=1S/C23H20Cl2N2O3/c1-13(28)26-14-8-10-15(11-9-14)27-19-6-3-7-20(29)22(19)17(12-21(27)30)16-4-2-5-18(24)23(16)25/h2,4-5,8-11,17H,3,6-7,12H2,1H3,(H,26,28). The van der Waals surface area contributed by atoms with Crippen molar-refractivity contribution < 1.29 is 14.4 Å². The lowest BCUT2D eigenvalue weighted by atomic mass is 9.77. The molecule has 0 saturated heterocycles. The van der Waals surface area contributed by atoms with Gasteiger partial charge >= 0.3 is 0 Å². The topological polar surface area (TPSA) is 66.5 Å². The van der Waals surface area contributed by atoms with Crippen LogP contribution in [-0.4, -0.2) is 17.6 Å².